The number of benzene rings is 8. The molecule has 2 aromatic heterocycles. The monoisotopic (exact) mass is 997 g/mol. The van der Waals surface area contributed by atoms with E-state index in [1.54, 1.807) is 0 Å². The Morgan fingerprint density at radius 2 is 1.03 bits per heavy atom. The first-order valence-corrected chi connectivity index (χ1v) is 27.0. The van der Waals surface area contributed by atoms with Crippen LogP contribution in [0.4, 0.5) is 22.7 Å². The Morgan fingerprint density at radius 1 is 0.421 bits per heavy atom. The fourth-order valence-corrected chi connectivity index (χ4v) is 11.3. The Balaban J connectivity index is 1.04. The Morgan fingerprint density at radius 3 is 1.72 bits per heavy atom. The van der Waals surface area contributed by atoms with Crippen molar-refractivity contribution in [3.8, 4) is 50.7 Å². The summed E-state index contributed by atoms with van der Waals surface area (Å²) in [7, 11) is 0. The smallest absolute Gasteiger partial charge is 0.137 e. The van der Waals surface area contributed by atoms with E-state index in [0.29, 0.717) is 6.67 Å². The minimum absolute atomic E-state index is 0.00601. The highest BCUT2D eigenvalue weighted by Gasteiger charge is 2.34. The molecule has 76 heavy (non-hydrogen) atoms. The van der Waals surface area contributed by atoms with Crippen molar-refractivity contribution in [1.82, 2.24) is 9.55 Å². The standard InChI is InChI=1S/C71H72N4O/c1-46-29-36-63-65(39-46)73(51-21-20-22-52(43-51)76-53-34-35-57-56-25-16-19-28-62(56)75(64(57)44-53)66-42-49(37-38-72-66)68(2,3)4)45-74(63)67-58(48-32-30-47(31-33-48)54-23-14-17-26-60(54)70(8,9)10)40-50(69(5,6)7)41-59(67)55-24-15-18-27-61(55)71(11,12)13/h14-44H,45H2,1-13H3. The lowest BCUT2D eigenvalue weighted by Gasteiger charge is -2.32. The third kappa shape index (κ3) is 9.35. The van der Waals surface area contributed by atoms with E-state index < -0.39 is 0 Å². The summed E-state index contributed by atoms with van der Waals surface area (Å²) in [5.74, 6) is 2.42. The number of para-hydroxylation sites is 1. The molecule has 10 aromatic rings. The number of hydrogen-bond donors (Lipinski definition) is 0. The summed E-state index contributed by atoms with van der Waals surface area (Å²) in [4.78, 5) is 9.95. The van der Waals surface area contributed by atoms with E-state index in [0.717, 1.165) is 50.8 Å². The van der Waals surface area contributed by atoms with Crippen LogP contribution in [0.2, 0.25) is 0 Å². The predicted molar refractivity (Wildman–Crippen MR) is 323 cm³/mol. The van der Waals surface area contributed by atoms with Gasteiger partial charge >= 0.3 is 0 Å². The number of nitrogens with zero attached hydrogens (tertiary/aromatic N) is 4. The summed E-state index contributed by atoms with van der Waals surface area (Å²) in [5.41, 5.74) is 20.3. The quantitative estimate of drug-likeness (QED) is 0.152. The molecule has 5 heteroatoms. The molecule has 0 N–H and O–H groups in total. The first-order chi connectivity index (χ1) is 36.1. The molecule has 0 radical (unpaired) electrons. The number of aryl methyl sites for hydroxylation is 1. The van der Waals surface area contributed by atoms with Gasteiger partial charge in [0.15, 0.2) is 0 Å². The van der Waals surface area contributed by atoms with Crippen molar-refractivity contribution < 1.29 is 4.74 Å². The number of pyridine rings is 1. The number of aromatic nitrogens is 2. The summed E-state index contributed by atoms with van der Waals surface area (Å²) < 4.78 is 9.19. The van der Waals surface area contributed by atoms with E-state index in [9.17, 15) is 0 Å². The predicted octanol–water partition coefficient (Wildman–Crippen LogP) is 19.7. The van der Waals surface area contributed by atoms with Crippen molar-refractivity contribution in [1.29, 1.82) is 0 Å². The minimum atomic E-state index is -0.119. The second-order valence-electron chi connectivity index (χ2n) is 25.1. The van der Waals surface area contributed by atoms with Crippen molar-refractivity contribution in [2.75, 3.05) is 16.5 Å². The van der Waals surface area contributed by atoms with Gasteiger partial charge in [0.1, 0.15) is 24.0 Å². The molecule has 0 saturated carbocycles. The average molecular weight is 997 g/mol. The number of fused-ring (bicyclic) bond motifs is 4. The third-order valence-corrected chi connectivity index (χ3v) is 15.4. The summed E-state index contributed by atoms with van der Waals surface area (Å²) >= 11 is 0. The molecule has 1 aliphatic rings. The zero-order chi connectivity index (χ0) is 53.5. The zero-order valence-electron chi connectivity index (χ0n) is 46.8. The first kappa shape index (κ1) is 50.3. The molecule has 8 aromatic carbocycles. The molecule has 0 aliphatic carbocycles. The van der Waals surface area contributed by atoms with Crippen LogP contribution < -0.4 is 14.5 Å². The maximum absolute atomic E-state index is 6.91. The molecule has 0 unspecified atom stereocenters. The lowest BCUT2D eigenvalue weighted by Crippen LogP contribution is -2.25. The van der Waals surface area contributed by atoms with Gasteiger partial charge in [-0.15, -0.1) is 0 Å². The Labute approximate surface area is 451 Å². The minimum Gasteiger partial charge on any atom is -0.457 e. The molecule has 0 spiro atoms. The number of anilines is 4. The highest BCUT2D eigenvalue weighted by atomic mass is 16.5. The summed E-state index contributed by atoms with van der Waals surface area (Å²) in [6, 6.07) is 67.1. The van der Waals surface area contributed by atoms with Gasteiger partial charge in [-0.25, -0.2) is 4.98 Å². The molecular weight excluding hydrogens is 925 g/mol. The van der Waals surface area contributed by atoms with Gasteiger partial charge in [-0.2, -0.15) is 0 Å². The van der Waals surface area contributed by atoms with Crippen LogP contribution in [-0.2, 0) is 21.7 Å². The molecule has 382 valence electrons. The molecule has 11 rings (SSSR count). The highest BCUT2D eigenvalue weighted by Crippen LogP contribution is 2.53. The van der Waals surface area contributed by atoms with Crippen LogP contribution in [0.3, 0.4) is 0 Å². The van der Waals surface area contributed by atoms with E-state index >= 15 is 0 Å². The normalized spacial score (nSPS) is 13.2. The van der Waals surface area contributed by atoms with Crippen LogP contribution in [0.15, 0.2) is 188 Å². The van der Waals surface area contributed by atoms with Gasteiger partial charge < -0.3 is 14.5 Å². The van der Waals surface area contributed by atoms with Crippen LogP contribution in [0.5, 0.6) is 11.5 Å². The second-order valence-corrected chi connectivity index (χ2v) is 25.1. The lowest BCUT2D eigenvalue weighted by molar-refractivity contribution is 0.483. The van der Waals surface area contributed by atoms with Gasteiger partial charge in [0, 0.05) is 45.9 Å². The van der Waals surface area contributed by atoms with Gasteiger partial charge in [0.2, 0.25) is 0 Å². The Hall–Kier alpha value is -7.89. The molecule has 0 saturated heterocycles. The molecule has 3 heterocycles. The second kappa shape index (κ2) is 18.7. The van der Waals surface area contributed by atoms with Crippen molar-refractivity contribution >= 4 is 44.6 Å². The van der Waals surface area contributed by atoms with Gasteiger partial charge in [0.05, 0.1) is 28.1 Å². The summed E-state index contributed by atoms with van der Waals surface area (Å²) in [5, 5.41) is 2.34. The highest BCUT2D eigenvalue weighted by molar-refractivity contribution is 6.09. The maximum Gasteiger partial charge on any atom is 0.137 e. The van der Waals surface area contributed by atoms with Crippen LogP contribution in [0.25, 0.3) is 61.0 Å². The van der Waals surface area contributed by atoms with E-state index in [4.69, 9.17) is 9.72 Å². The van der Waals surface area contributed by atoms with Gasteiger partial charge in [-0.3, -0.25) is 4.57 Å². The topological polar surface area (TPSA) is 33.5 Å². The van der Waals surface area contributed by atoms with Crippen LogP contribution in [-0.4, -0.2) is 16.2 Å². The molecule has 0 bridgehead atoms. The van der Waals surface area contributed by atoms with Crippen LogP contribution in [0.1, 0.15) is 111 Å². The summed E-state index contributed by atoms with van der Waals surface area (Å²) in [6.07, 6.45) is 1.93. The van der Waals surface area contributed by atoms with Gasteiger partial charge in [-0.05, 0) is 145 Å². The van der Waals surface area contributed by atoms with E-state index in [1.807, 2.05) is 6.20 Å². The lowest BCUT2D eigenvalue weighted by atomic mass is 9.78. The van der Waals surface area contributed by atoms with Crippen LogP contribution in [0, 0.1) is 6.92 Å². The molecule has 0 fully saturated rings. The first-order valence-electron chi connectivity index (χ1n) is 27.0. The van der Waals surface area contributed by atoms with Crippen LogP contribution >= 0.6 is 0 Å². The SMILES string of the molecule is Cc1ccc2c(c1)N(c1cccc(Oc3ccc4c5ccccc5n(-c5cc(C(C)(C)C)ccn5)c4c3)c1)CN2c1c(-c2ccc(-c3ccccc3C(C)(C)C)cc2)cc(C(C)(C)C)cc1-c1ccccc1C(C)(C)C. The van der Waals surface area contributed by atoms with Crippen molar-refractivity contribution in [3.05, 3.63) is 216 Å². The number of rotatable bonds is 8. The van der Waals surface area contributed by atoms with Gasteiger partial charge in [0.25, 0.3) is 0 Å². The molecular formula is C71H72N4O. The van der Waals surface area contributed by atoms with E-state index in [1.165, 1.54) is 72.3 Å². The van der Waals surface area contributed by atoms with E-state index in [2.05, 4.69) is 286 Å². The molecule has 0 amide bonds. The Kier molecular flexibility index (Phi) is 12.4. The molecule has 5 nitrogen and oxygen atoms in total. The van der Waals surface area contributed by atoms with Crippen molar-refractivity contribution in [3.63, 3.8) is 0 Å². The number of hydrogen-bond acceptors (Lipinski definition) is 4. The third-order valence-electron chi connectivity index (χ3n) is 15.4. The van der Waals surface area contributed by atoms with E-state index in [-0.39, 0.29) is 21.7 Å². The average Bonchev–Trinajstić information content (AvgIpc) is 4.06. The fraction of sp³-hybridized carbons (Fsp3) is 0.254. The Bertz CT molecular complexity index is 3830. The largest absolute Gasteiger partial charge is 0.457 e. The summed E-state index contributed by atoms with van der Waals surface area (Å²) in [6.45, 7) is 30.4. The molecule has 1 aliphatic heterocycles. The van der Waals surface area contributed by atoms with Crippen molar-refractivity contribution in [2.24, 2.45) is 0 Å². The fourth-order valence-electron chi connectivity index (χ4n) is 11.3. The van der Waals surface area contributed by atoms with Crippen molar-refractivity contribution in [2.45, 2.75) is 112 Å². The van der Waals surface area contributed by atoms with Gasteiger partial charge in [-0.1, -0.05) is 186 Å². The maximum atomic E-state index is 6.91. The zero-order valence-corrected chi connectivity index (χ0v) is 46.8. The number of ether oxygens (including phenoxy) is 1. The molecule has 0 atom stereocenters.